The van der Waals surface area contributed by atoms with Crippen LogP contribution in [0.3, 0.4) is 0 Å². The Bertz CT molecular complexity index is 1240. The monoisotopic (exact) mass is 484 g/mol. The predicted molar refractivity (Wildman–Crippen MR) is 112 cm³/mol. The number of halogens is 3. The summed E-state index contributed by atoms with van der Waals surface area (Å²) in [6.45, 7) is -0.132. The summed E-state index contributed by atoms with van der Waals surface area (Å²) in [7, 11) is -1.18. The minimum atomic E-state index is -4.47. The largest absolute Gasteiger partial charge is 0.493 e. The van der Waals surface area contributed by atoms with Crippen molar-refractivity contribution in [3.05, 3.63) is 71.7 Å². The van der Waals surface area contributed by atoms with Crippen LogP contribution >= 0.6 is 0 Å². The maximum absolute atomic E-state index is 12.8. The van der Waals surface area contributed by atoms with Crippen LogP contribution in [0.4, 0.5) is 13.2 Å². The first-order valence-corrected chi connectivity index (χ1v) is 10.8. The molecule has 0 bridgehead atoms. The number of hydrogen-bond acceptors (Lipinski definition) is 7. The fraction of sp³-hybridized carbons (Fsp3) is 0.190. The van der Waals surface area contributed by atoms with Gasteiger partial charge in [-0.2, -0.15) is 31.5 Å². The van der Waals surface area contributed by atoms with Crippen LogP contribution in [0.1, 0.15) is 17.1 Å². The fourth-order valence-electron chi connectivity index (χ4n) is 2.65. The number of nitrogens with one attached hydrogen (secondary N) is 1. The van der Waals surface area contributed by atoms with Gasteiger partial charge in [-0.25, -0.2) is 0 Å². The van der Waals surface area contributed by atoms with Crippen LogP contribution in [0.5, 0.6) is 17.2 Å². The first-order chi connectivity index (χ1) is 15.6. The summed E-state index contributed by atoms with van der Waals surface area (Å²) in [6, 6.07) is 11.5. The first-order valence-electron chi connectivity index (χ1n) is 9.28. The third-order valence-electron chi connectivity index (χ3n) is 4.25. The molecular formula is C21H19F3N2O6S. The zero-order valence-electron chi connectivity index (χ0n) is 17.4. The molecule has 0 aliphatic carbocycles. The highest BCUT2D eigenvalue weighted by molar-refractivity contribution is 7.89. The van der Waals surface area contributed by atoms with Crippen LogP contribution in [-0.2, 0) is 22.8 Å². The van der Waals surface area contributed by atoms with Crippen LogP contribution in [0.15, 0.2) is 69.0 Å². The van der Waals surface area contributed by atoms with Crippen molar-refractivity contribution in [2.24, 2.45) is 5.10 Å². The number of hydrogen-bond donors (Lipinski definition) is 1. The van der Waals surface area contributed by atoms with Crippen LogP contribution in [0.25, 0.3) is 0 Å². The molecule has 0 amide bonds. The predicted octanol–water partition coefficient (Wildman–Crippen LogP) is 4.21. The van der Waals surface area contributed by atoms with Gasteiger partial charge in [0.05, 0.1) is 30.9 Å². The molecule has 2 aromatic carbocycles. The van der Waals surface area contributed by atoms with Crippen LogP contribution in [-0.4, -0.2) is 28.9 Å². The van der Waals surface area contributed by atoms with Crippen molar-refractivity contribution in [1.82, 2.24) is 4.83 Å². The third kappa shape index (κ3) is 6.19. The van der Waals surface area contributed by atoms with Crippen LogP contribution in [0, 0.1) is 0 Å². The van der Waals surface area contributed by atoms with Gasteiger partial charge in [-0.3, -0.25) is 0 Å². The van der Waals surface area contributed by atoms with E-state index in [0.717, 1.165) is 18.3 Å². The number of ether oxygens (including phenoxy) is 3. The molecule has 0 spiro atoms. The smallest absolute Gasteiger partial charge is 0.416 e. The molecule has 1 heterocycles. The number of rotatable bonds is 9. The Morgan fingerprint density at radius 2 is 1.79 bits per heavy atom. The van der Waals surface area contributed by atoms with E-state index >= 15 is 0 Å². The molecule has 0 aliphatic rings. The molecule has 0 aliphatic heterocycles. The third-order valence-corrected chi connectivity index (χ3v) is 5.48. The lowest BCUT2D eigenvalue weighted by molar-refractivity contribution is -0.137. The summed E-state index contributed by atoms with van der Waals surface area (Å²) in [5.41, 5.74) is -0.825. The van der Waals surface area contributed by atoms with E-state index in [0.29, 0.717) is 11.5 Å². The molecule has 1 aromatic heterocycles. The highest BCUT2D eigenvalue weighted by Gasteiger charge is 2.30. The summed E-state index contributed by atoms with van der Waals surface area (Å²) < 4.78 is 84.0. The van der Waals surface area contributed by atoms with Gasteiger partial charge >= 0.3 is 6.18 Å². The van der Waals surface area contributed by atoms with Gasteiger partial charge in [0.15, 0.2) is 11.5 Å². The minimum Gasteiger partial charge on any atom is -0.493 e. The Labute approximate surface area is 187 Å². The van der Waals surface area contributed by atoms with Gasteiger partial charge in [-0.15, -0.1) is 0 Å². The lowest BCUT2D eigenvalue weighted by atomic mass is 10.2. The Kier molecular flexibility index (Phi) is 7.16. The second-order valence-corrected chi connectivity index (χ2v) is 8.15. The summed E-state index contributed by atoms with van der Waals surface area (Å²) in [5.74, 6) is 1.14. The van der Waals surface area contributed by atoms with E-state index in [1.54, 1.807) is 0 Å². The molecule has 0 unspecified atom stereocenters. The maximum atomic E-state index is 12.8. The summed E-state index contributed by atoms with van der Waals surface area (Å²) in [4.78, 5) is 1.96. The second-order valence-electron chi connectivity index (χ2n) is 6.49. The van der Waals surface area contributed by atoms with E-state index in [1.165, 1.54) is 56.7 Å². The molecular weight excluding hydrogens is 465 g/mol. The number of hydrazone groups is 1. The first kappa shape index (κ1) is 24.0. The summed E-state index contributed by atoms with van der Waals surface area (Å²) in [6.07, 6.45) is -3.34. The number of benzene rings is 2. The molecule has 33 heavy (non-hydrogen) atoms. The van der Waals surface area contributed by atoms with E-state index < -0.39 is 21.8 Å². The van der Waals surface area contributed by atoms with Gasteiger partial charge in [0.1, 0.15) is 23.9 Å². The van der Waals surface area contributed by atoms with E-state index in [9.17, 15) is 21.6 Å². The Balaban J connectivity index is 1.61. The van der Waals surface area contributed by atoms with Crippen molar-refractivity contribution in [3.8, 4) is 17.2 Å². The molecule has 0 saturated heterocycles. The van der Waals surface area contributed by atoms with Crippen molar-refractivity contribution in [1.29, 1.82) is 0 Å². The Morgan fingerprint density at radius 1 is 1.03 bits per heavy atom. The lowest BCUT2D eigenvalue weighted by Gasteiger charge is -2.09. The zero-order valence-corrected chi connectivity index (χ0v) is 18.2. The molecule has 1 N–H and O–H groups in total. The van der Waals surface area contributed by atoms with Gasteiger partial charge < -0.3 is 18.6 Å². The zero-order chi connectivity index (χ0) is 24.1. The average molecular weight is 484 g/mol. The molecule has 0 fully saturated rings. The van der Waals surface area contributed by atoms with Gasteiger partial charge in [-0.1, -0.05) is 6.07 Å². The molecule has 0 radical (unpaired) electrons. The molecule has 12 heteroatoms. The SMILES string of the molecule is COc1ccc(S(=O)(=O)NN=Cc2ccc(COc3cccc(C(F)(F)F)c3)o2)cc1OC. The molecule has 3 aromatic rings. The van der Waals surface area contributed by atoms with E-state index in [-0.39, 0.29) is 28.8 Å². The number of sulfonamides is 1. The summed E-state index contributed by atoms with van der Waals surface area (Å²) >= 11 is 0. The standard InChI is InChI=1S/C21H19F3N2O6S/c1-29-19-9-8-18(11-20(19)30-2)33(27,28)26-25-12-16-6-7-17(32-16)13-31-15-5-3-4-14(10-15)21(22,23)24/h3-12,26H,13H2,1-2H3. The van der Waals surface area contributed by atoms with Gasteiger partial charge in [-0.05, 0) is 42.5 Å². The van der Waals surface area contributed by atoms with E-state index in [4.69, 9.17) is 18.6 Å². The van der Waals surface area contributed by atoms with Gasteiger partial charge in [0.2, 0.25) is 0 Å². The van der Waals surface area contributed by atoms with E-state index in [2.05, 4.69) is 5.10 Å². The van der Waals surface area contributed by atoms with E-state index in [1.807, 2.05) is 4.83 Å². The van der Waals surface area contributed by atoms with Crippen molar-refractivity contribution in [3.63, 3.8) is 0 Å². The summed E-state index contributed by atoms with van der Waals surface area (Å²) in [5, 5.41) is 3.66. The fourth-order valence-corrected chi connectivity index (χ4v) is 3.46. The number of alkyl halides is 3. The van der Waals surface area contributed by atoms with Crippen LogP contribution in [0.2, 0.25) is 0 Å². The quantitative estimate of drug-likeness (QED) is 0.361. The Morgan fingerprint density at radius 3 is 2.48 bits per heavy atom. The minimum absolute atomic E-state index is 0.0270. The number of methoxy groups -OCH3 is 2. The molecule has 3 rings (SSSR count). The topological polar surface area (TPSA) is 99.4 Å². The maximum Gasteiger partial charge on any atom is 0.416 e. The number of furan rings is 1. The van der Waals surface area contributed by atoms with Crippen molar-refractivity contribution >= 4 is 16.2 Å². The van der Waals surface area contributed by atoms with Gasteiger partial charge in [0, 0.05) is 6.07 Å². The van der Waals surface area contributed by atoms with Crippen molar-refractivity contribution < 1.29 is 40.2 Å². The highest BCUT2D eigenvalue weighted by atomic mass is 32.2. The molecule has 0 atom stereocenters. The lowest BCUT2D eigenvalue weighted by Crippen LogP contribution is -2.18. The van der Waals surface area contributed by atoms with Crippen molar-refractivity contribution in [2.45, 2.75) is 17.7 Å². The number of nitrogens with zero attached hydrogens (tertiary/aromatic N) is 1. The normalized spacial score (nSPS) is 12.0. The van der Waals surface area contributed by atoms with Crippen LogP contribution < -0.4 is 19.0 Å². The molecule has 0 saturated carbocycles. The average Bonchev–Trinajstić information content (AvgIpc) is 3.24. The molecule has 176 valence electrons. The molecule has 8 nitrogen and oxygen atoms in total. The van der Waals surface area contributed by atoms with Crippen molar-refractivity contribution in [2.75, 3.05) is 14.2 Å². The second kappa shape index (κ2) is 9.86. The Hall–Kier alpha value is -3.67. The van der Waals surface area contributed by atoms with Gasteiger partial charge in [0.25, 0.3) is 10.0 Å². The highest BCUT2D eigenvalue weighted by Crippen LogP contribution is 2.31.